The first-order valence-corrected chi connectivity index (χ1v) is 12.3. The van der Waals surface area contributed by atoms with Crippen molar-refractivity contribution in [3.05, 3.63) is 78.4 Å². The van der Waals surface area contributed by atoms with Gasteiger partial charge in [0.25, 0.3) is 0 Å². The van der Waals surface area contributed by atoms with Gasteiger partial charge in [-0.1, -0.05) is 30.3 Å². The molecule has 1 aliphatic heterocycles. The minimum atomic E-state index is -3.89. The van der Waals surface area contributed by atoms with E-state index in [1.54, 1.807) is 0 Å². The Morgan fingerprint density at radius 2 is 1.56 bits per heavy atom. The fourth-order valence-electron chi connectivity index (χ4n) is 3.97. The number of nitrogens with zero attached hydrogens (tertiary/aromatic N) is 2. The Balaban J connectivity index is 1.47. The Morgan fingerprint density at radius 3 is 2.26 bits per heavy atom. The van der Waals surface area contributed by atoms with Gasteiger partial charge in [-0.25, -0.2) is 8.42 Å². The van der Waals surface area contributed by atoms with Crippen molar-refractivity contribution in [3.63, 3.8) is 0 Å². The number of rotatable bonds is 7. The lowest BCUT2D eigenvalue weighted by molar-refractivity contribution is -0.116. The highest BCUT2D eigenvalue weighted by Crippen LogP contribution is 2.38. The summed E-state index contributed by atoms with van der Waals surface area (Å²) in [7, 11) is -2.53. The van der Waals surface area contributed by atoms with Gasteiger partial charge in [-0.2, -0.15) is 4.31 Å². The number of likely N-dealkylation sites (N-methyl/N-ethyl adjacent to an activating group) is 1. The lowest BCUT2D eigenvalue weighted by atomic mass is 10.2. The predicted molar refractivity (Wildman–Crippen MR) is 133 cm³/mol. The molecule has 0 bridgehead atoms. The molecule has 0 fully saturated rings. The third-order valence-electron chi connectivity index (χ3n) is 5.61. The molecule has 0 saturated carbocycles. The maximum absolute atomic E-state index is 12.9. The van der Waals surface area contributed by atoms with E-state index in [0.717, 1.165) is 28.6 Å². The minimum absolute atomic E-state index is 0.0333. The van der Waals surface area contributed by atoms with Crippen LogP contribution in [0.15, 0.2) is 77.7 Å². The van der Waals surface area contributed by atoms with Crippen LogP contribution in [0.3, 0.4) is 0 Å². The average Bonchev–Trinajstić information content (AvgIpc) is 3.23. The highest BCUT2D eigenvalue weighted by molar-refractivity contribution is 7.89. The Hall–Kier alpha value is -3.69. The van der Waals surface area contributed by atoms with Crippen LogP contribution < -0.4 is 15.5 Å². The molecule has 0 radical (unpaired) electrons. The van der Waals surface area contributed by atoms with Crippen LogP contribution in [0.25, 0.3) is 0 Å². The molecule has 1 aliphatic rings. The van der Waals surface area contributed by atoms with E-state index in [1.165, 1.54) is 43.8 Å². The van der Waals surface area contributed by atoms with Crippen LogP contribution in [-0.2, 0) is 26.0 Å². The Labute approximate surface area is 199 Å². The fourth-order valence-corrected chi connectivity index (χ4v) is 5.10. The topological polar surface area (TPSA) is 98.8 Å². The van der Waals surface area contributed by atoms with Crippen LogP contribution in [0.4, 0.5) is 22.7 Å². The third kappa shape index (κ3) is 4.95. The molecule has 9 heteroatoms. The molecule has 0 unspecified atom stereocenters. The lowest BCUT2D eigenvalue weighted by Crippen LogP contribution is -2.35. The minimum Gasteiger partial charge on any atom is -0.339 e. The smallest absolute Gasteiger partial charge is 0.243 e. The van der Waals surface area contributed by atoms with E-state index in [9.17, 15) is 18.0 Å². The summed E-state index contributed by atoms with van der Waals surface area (Å²) in [5.74, 6) is -0.692. The first-order chi connectivity index (χ1) is 16.3. The van der Waals surface area contributed by atoms with Crippen LogP contribution in [0.2, 0.25) is 0 Å². The molecule has 0 spiro atoms. The molecule has 3 aromatic carbocycles. The number of carbonyl (C=O) groups is 2. The van der Waals surface area contributed by atoms with Crippen LogP contribution in [0.1, 0.15) is 12.5 Å². The van der Waals surface area contributed by atoms with Crippen LogP contribution in [0.5, 0.6) is 0 Å². The van der Waals surface area contributed by atoms with Crippen molar-refractivity contribution in [1.82, 2.24) is 4.31 Å². The van der Waals surface area contributed by atoms with Gasteiger partial charge >= 0.3 is 0 Å². The number of anilines is 4. The molecule has 176 valence electrons. The molecule has 34 heavy (non-hydrogen) atoms. The van der Waals surface area contributed by atoms with Crippen molar-refractivity contribution in [3.8, 4) is 0 Å². The molecule has 2 N–H and O–H groups in total. The van der Waals surface area contributed by atoms with E-state index in [2.05, 4.69) is 27.7 Å². The normalized spacial score (nSPS) is 13.0. The predicted octanol–water partition coefficient (Wildman–Crippen LogP) is 3.60. The van der Waals surface area contributed by atoms with E-state index in [4.69, 9.17) is 0 Å². The summed E-state index contributed by atoms with van der Waals surface area (Å²) in [5.41, 5.74) is 4.33. The van der Waals surface area contributed by atoms with Crippen molar-refractivity contribution in [2.45, 2.75) is 18.2 Å². The van der Waals surface area contributed by atoms with E-state index in [1.807, 2.05) is 36.4 Å². The van der Waals surface area contributed by atoms with Gasteiger partial charge in [0.05, 0.1) is 22.8 Å². The summed E-state index contributed by atoms with van der Waals surface area (Å²) in [6, 6.07) is 21.4. The SMILES string of the molecule is CC(=O)Nc1ccc(S(=O)(=O)N(C)CC(=O)Nc2ccccc2N2CCc3ccccc32)cc1. The van der Waals surface area contributed by atoms with E-state index < -0.39 is 15.9 Å². The molecule has 2 amide bonds. The number of sulfonamides is 1. The number of para-hydroxylation sites is 3. The first kappa shape index (κ1) is 23.5. The van der Waals surface area contributed by atoms with Gasteiger partial charge in [-0.05, 0) is 54.4 Å². The van der Waals surface area contributed by atoms with Crippen LogP contribution in [0, 0.1) is 0 Å². The van der Waals surface area contributed by atoms with Crippen molar-refractivity contribution in [2.24, 2.45) is 0 Å². The average molecular weight is 479 g/mol. The van der Waals surface area contributed by atoms with Crippen LogP contribution >= 0.6 is 0 Å². The number of amides is 2. The number of hydrogen-bond donors (Lipinski definition) is 2. The van der Waals surface area contributed by atoms with Crippen molar-refractivity contribution >= 4 is 44.6 Å². The monoisotopic (exact) mass is 478 g/mol. The molecule has 0 aliphatic carbocycles. The third-order valence-corrected chi connectivity index (χ3v) is 7.42. The molecule has 3 aromatic rings. The summed E-state index contributed by atoms with van der Waals surface area (Å²) in [6.07, 6.45) is 0.917. The highest BCUT2D eigenvalue weighted by Gasteiger charge is 2.25. The highest BCUT2D eigenvalue weighted by atomic mass is 32.2. The van der Waals surface area contributed by atoms with Gasteiger partial charge in [0.2, 0.25) is 21.8 Å². The largest absolute Gasteiger partial charge is 0.339 e. The Kier molecular flexibility index (Phi) is 6.67. The van der Waals surface area contributed by atoms with Crippen LogP contribution in [-0.4, -0.2) is 44.7 Å². The number of hydrogen-bond acceptors (Lipinski definition) is 5. The molecule has 0 aromatic heterocycles. The van der Waals surface area contributed by atoms with Crippen molar-refractivity contribution in [2.75, 3.05) is 35.7 Å². The van der Waals surface area contributed by atoms with Gasteiger partial charge in [0.15, 0.2) is 0 Å². The Morgan fingerprint density at radius 1 is 0.912 bits per heavy atom. The second-order valence-corrected chi connectivity index (χ2v) is 10.1. The number of benzene rings is 3. The number of fused-ring (bicyclic) bond motifs is 1. The lowest BCUT2D eigenvalue weighted by Gasteiger charge is -2.23. The summed E-state index contributed by atoms with van der Waals surface area (Å²) in [4.78, 5) is 26.2. The van der Waals surface area contributed by atoms with Gasteiger partial charge < -0.3 is 15.5 Å². The molecule has 0 saturated heterocycles. The zero-order chi connectivity index (χ0) is 24.3. The van der Waals surface area contributed by atoms with E-state index in [-0.39, 0.29) is 17.3 Å². The number of nitrogens with one attached hydrogen (secondary N) is 2. The second-order valence-electron chi connectivity index (χ2n) is 8.06. The van der Waals surface area contributed by atoms with Crippen molar-refractivity contribution in [1.29, 1.82) is 0 Å². The molecule has 1 heterocycles. The summed E-state index contributed by atoms with van der Waals surface area (Å²) < 4.78 is 26.8. The second kappa shape index (κ2) is 9.66. The maximum Gasteiger partial charge on any atom is 0.243 e. The van der Waals surface area contributed by atoms with Gasteiger partial charge in [-0.3, -0.25) is 9.59 Å². The zero-order valence-corrected chi connectivity index (χ0v) is 19.8. The first-order valence-electron chi connectivity index (χ1n) is 10.8. The van der Waals surface area contributed by atoms with Crippen molar-refractivity contribution < 1.29 is 18.0 Å². The summed E-state index contributed by atoms with van der Waals surface area (Å²) in [6.45, 7) is 1.83. The van der Waals surface area contributed by atoms with E-state index in [0.29, 0.717) is 11.4 Å². The summed E-state index contributed by atoms with van der Waals surface area (Å²) >= 11 is 0. The van der Waals surface area contributed by atoms with Gasteiger partial charge in [0.1, 0.15) is 0 Å². The molecule has 4 rings (SSSR count). The van der Waals surface area contributed by atoms with Gasteiger partial charge in [0, 0.05) is 31.9 Å². The molecular weight excluding hydrogens is 452 g/mol. The number of carbonyl (C=O) groups excluding carboxylic acids is 2. The quantitative estimate of drug-likeness (QED) is 0.541. The Bertz CT molecular complexity index is 1320. The zero-order valence-electron chi connectivity index (χ0n) is 19.0. The van der Waals surface area contributed by atoms with Gasteiger partial charge in [-0.15, -0.1) is 0 Å². The molecule has 8 nitrogen and oxygen atoms in total. The van der Waals surface area contributed by atoms with E-state index >= 15 is 0 Å². The molecule has 0 atom stereocenters. The maximum atomic E-state index is 12.9. The fraction of sp³-hybridized carbons (Fsp3) is 0.200. The standard InChI is InChI=1S/C25H26N4O4S/c1-18(30)26-20-11-13-21(14-12-20)34(32,33)28(2)17-25(31)27-22-8-4-6-10-24(22)29-16-15-19-7-3-5-9-23(19)29/h3-14H,15-17H2,1-2H3,(H,26,30)(H,27,31). The summed E-state index contributed by atoms with van der Waals surface area (Å²) in [5, 5.41) is 5.46. The molecular formula is C25H26N4O4S.